The summed E-state index contributed by atoms with van der Waals surface area (Å²) in [6.45, 7) is 1.80. The molecule has 1 aromatic heterocycles. The fourth-order valence-corrected chi connectivity index (χ4v) is 1.96. The molecule has 1 saturated heterocycles. The molecule has 92 valence electrons. The normalized spacial score (nSPS) is 20.9. The van der Waals surface area contributed by atoms with Gasteiger partial charge < -0.3 is 20.6 Å². The van der Waals surface area contributed by atoms with Gasteiger partial charge in [0.15, 0.2) is 5.84 Å². The van der Waals surface area contributed by atoms with Crippen molar-refractivity contribution < 1.29 is 9.94 Å². The molecule has 3 N–H and O–H groups in total. The molecular weight excluding hydrogens is 220 g/mol. The van der Waals surface area contributed by atoms with Crippen LogP contribution in [0.3, 0.4) is 0 Å². The Labute approximate surface area is 99.7 Å². The zero-order valence-corrected chi connectivity index (χ0v) is 9.71. The molecule has 0 spiro atoms. The molecule has 1 atom stereocenters. The molecule has 0 saturated carbocycles. The summed E-state index contributed by atoms with van der Waals surface area (Å²) in [5, 5.41) is 11.6. The van der Waals surface area contributed by atoms with Gasteiger partial charge in [-0.05, 0) is 18.6 Å². The van der Waals surface area contributed by atoms with E-state index in [4.69, 9.17) is 15.7 Å². The number of nitrogens with two attached hydrogens (primary N) is 1. The van der Waals surface area contributed by atoms with Gasteiger partial charge in [-0.1, -0.05) is 5.16 Å². The number of pyridine rings is 1. The lowest BCUT2D eigenvalue weighted by atomic mass is 10.3. The van der Waals surface area contributed by atoms with E-state index in [1.165, 1.54) is 0 Å². The Kier molecular flexibility index (Phi) is 3.43. The molecule has 2 heterocycles. The number of ether oxygens (including phenoxy) is 1. The smallest absolute Gasteiger partial charge is 0.188 e. The van der Waals surface area contributed by atoms with Gasteiger partial charge in [-0.15, -0.1) is 0 Å². The SMILES string of the molecule is COC1CCN(c2ccnc(/C(N)=N/O)c2)C1. The van der Waals surface area contributed by atoms with Crippen LogP contribution in [0.25, 0.3) is 0 Å². The largest absolute Gasteiger partial charge is 0.409 e. The molecule has 2 rings (SSSR count). The van der Waals surface area contributed by atoms with E-state index in [0.29, 0.717) is 5.69 Å². The molecule has 0 amide bonds. The van der Waals surface area contributed by atoms with Crippen molar-refractivity contribution in [3.63, 3.8) is 0 Å². The van der Waals surface area contributed by atoms with Gasteiger partial charge in [-0.25, -0.2) is 0 Å². The highest BCUT2D eigenvalue weighted by molar-refractivity contribution is 5.95. The Morgan fingerprint density at radius 2 is 2.53 bits per heavy atom. The first-order valence-electron chi connectivity index (χ1n) is 5.46. The van der Waals surface area contributed by atoms with E-state index < -0.39 is 0 Å². The zero-order valence-electron chi connectivity index (χ0n) is 9.71. The van der Waals surface area contributed by atoms with E-state index in [-0.39, 0.29) is 11.9 Å². The summed E-state index contributed by atoms with van der Waals surface area (Å²) in [6, 6.07) is 3.72. The van der Waals surface area contributed by atoms with Crippen LogP contribution in [0, 0.1) is 0 Å². The van der Waals surface area contributed by atoms with E-state index >= 15 is 0 Å². The van der Waals surface area contributed by atoms with Crippen molar-refractivity contribution in [3.8, 4) is 0 Å². The fraction of sp³-hybridized carbons (Fsp3) is 0.455. The van der Waals surface area contributed by atoms with E-state index in [0.717, 1.165) is 25.2 Å². The molecule has 1 fully saturated rings. The maximum absolute atomic E-state index is 8.61. The third kappa shape index (κ3) is 2.47. The summed E-state index contributed by atoms with van der Waals surface area (Å²) < 4.78 is 5.32. The number of hydrogen-bond acceptors (Lipinski definition) is 5. The Bertz CT molecular complexity index is 422. The van der Waals surface area contributed by atoms with Crippen molar-refractivity contribution in [2.24, 2.45) is 10.9 Å². The van der Waals surface area contributed by atoms with Crippen molar-refractivity contribution in [2.75, 3.05) is 25.1 Å². The quantitative estimate of drug-likeness (QED) is 0.343. The minimum Gasteiger partial charge on any atom is -0.409 e. The van der Waals surface area contributed by atoms with Crippen molar-refractivity contribution in [2.45, 2.75) is 12.5 Å². The highest BCUT2D eigenvalue weighted by Gasteiger charge is 2.22. The van der Waals surface area contributed by atoms with Crippen LogP contribution in [0.4, 0.5) is 5.69 Å². The Morgan fingerprint density at radius 1 is 1.71 bits per heavy atom. The Hall–Kier alpha value is -1.82. The third-order valence-electron chi connectivity index (χ3n) is 2.96. The summed E-state index contributed by atoms with van der Waals surface area (Å²) in [7, 11) is 1.72. The number of amidine groups is 1. The van der Waals surface area contributed by atoms with Crippen LogP contribution >= 0.6 is 0 Å². The van der Waals surface area contributed by atoms with Crippen molar-refractivity contribution in [1.29, 1.82) is 0 Å². The Morgan fingerprint density at radius 3 is 3.18 bits per heavy atom. The molecule has 6 heteroatoms. The van der Waals surface area contributed by atoms with Crippen molar-refractivity contribution >= 4 is 11.5 Å². The van der Waals surface area contributed by atoms with Crippen LogP contribution in [-0.2, 0) is 4.74 Å². The lowest BCUT2D eigenvalue weighted by Gasteiger charge is -2.18. The number of oxime groups is 1. The van der Waals surface area contributed by atoms with Gasteiger partial charge in [0.2, 0.25) is 0 Å². The van der Waals surface area contributed by atoms with Crippen LogP contribution in [-0.4, -0.2) is 42.3 Å². The van der Waals surface area contributed by atoms with E-state index in [9.17, 15) is 0 Å². The second-order valence-electron chi connectivity index (χ2n) is 3.98. The maximum atomic E-state index is 8.61. The molecule has 17 heavy (non-hydrogen) atoms. The second-order valence-corrected chi connectivity index (χ2v) is 3.98. The average Bonchev–Trinajstić information content (AvgIpc) is 2.86. The van der Waals surface area contributed by atoms with Crippen LogP contribution in [0.1, 0.15) is 12.1 Å². The molecule has 0 bridgehead atoms. The van der Waals surface area contributed by atoms with Crippen LogP contribution in [0.2, 0.25) is 0 Å². The first-order valence-corrected chi connectivity index (χ1v) is 5.46. The number of methoxy groups -OCH3 is 1. The van der Waals surface area contributed by atoms with Gasteiger partial charge in [0, 0.05) is 32.1 Å². The molecule has 1 unspecified atom stereocenters. The molecule has 0 aliphatic carbocycles. The number of nitrogens with zero attached hydrogens (tertiary/aromatic N) is 3. The molecule has 1 aliphatic rings. The van der Waals surface area contributed by atoms with Gasteiger partial charge in [-0.2, -0.15) is 0 Å². The summed E-state index contributed by atoms with van der Waals surface area (Å²) in [5.74, 6) is 0.0225. The maximum Gasteiger partial charge on any atom is 0.188 e. The summed E-state index contributed by atoms with van der Waals surface area (Å²) in [6.07, 6.45) is 2.94. The lowest BCUT2D eigenvalue weighted by Crippen LogP contribution is -2.23. The van der Waals surface area contributed by atoms with E-state index in [1.54, 1.807) is 13.3 Å². The van der Waals surface area contributed by atoms with Crippen LogP contribution in [0.5, 0.6) is 0 Å². The standard InChI is InChI=1S/C11H16N4O2/c1-17-9-3-5-15(7-9)8-2-4-13-10(6-8)11(12)14-16/h2,4,6,9,16H,3,5,7H2,1H3,(H2,12,14). The minimum absolute atomic E-state index is 0.0225. The third-order valence-corrected chi connectivity index (χ3v) is 2.96. The van der Waals surface area contributed by atoms with Gasteiger partial charge >= 0.3 is 0 Å². The highest BCUT2D eigenvalue weighted by Crippen LogP contribution is 2.21. The van der Waals surface area contributed by atoms with E-state index in [1.807, 2.05) is 12.1 Å². The number of hydrogen-bond donors (Lipinski definition) is 2. The van der Waals surface area contributed by atoms with Gasteiger partial charge in [0.1, 0.15) is 5.69 Å². The molecule has 0 aromatic carbocycles. The molecule has 1 aromatic rings. The van der Waals surface area contributed by atoms with Crippen LogP contribution in [0.15, 0.2) is 23.5 Å². The summed E-state index contributed by atoms with van der Waals surface area (Å²) >= 11 is 0. The second kappa shape index (κ2) is 5.01. The molecule has 6 nitrogen and oxygen atoms in total. The molecule has 1 aliphatic heterocycles. The summed E-state index contributed by atoms with van der Waals surface area (Å²) in [4.78, 5) is 6.25. The first kappa shape index (κ1) is 11.7. The topological polar surface area (TPSA) is 84.0 Å². The van der Waals surface area contributed by atoms with Gasteiger partial charge in [0.05, 0.1) is 6.10 Å². The zero-order chi connectivity index (χ0) is 12.3. The number of aromatic nitrogens is 1. The molecule has 0 radical (unpaired) electrons. The average molecular weight is 236 g/mol. The van der Waals surface area contributed by atoms with Gasteiger partial charge in [-0.3, -0.25) is 4.98 Å². The monoisotopic (exact) mass is 236 g/mol. The highest BCUT2D eigenvalue weighted by atomic mass is 16.5. The first-order chi connectivity index (χ1) is 8.24. The van der Waals surface area contributed by atoms with Gasteiger partial charge in [0.25, 0.3) is 0 Å². The van der Waals surface area contributed by atoms with Crippen molar-refractivity contribution in [1.82, 2.24) is 4.98 Å². The minimum atomic E-state index is 0.0225. The predicted octanol–water partition coefficient (Wildman–Crippen LogP) is 0.401. The lowest BCUT2D eigenvalue weighted by molar-refractivity contribution is 0.121. The van der Waals surface area contributed by atoms with Crippen molar-refractivity contribution in [3.05, 3.63) is 24.0 Å². The number of anilines is 1. The van der Waals surface area contributed by atoms with E-state index in [2.05, 4.69) is 15.0 Å². The fourth-order valence-electron chi connectivity index (χ4n) is 1.96. The Balaban J connectivity index is 2.17. The molecular formula is C11H16N4O2. The number of rotatable bonds is 3. The summed E-state index contributed by atoms with van der Waals surface area (Å²) in [5.41, 5.74) is 7.00. The van der Waals surface area contributed by atoms with Crippen LogP contribution < -0.4 is 10.6 Å². The predicted molar refractivity (Wildman–Crippen MR) is 64.4 cm³/mol.